The van der Waals surface area contributed by atoms with Crippen LogP contribution < -0.4 is 0 Å². The fraction of sp³-hybridized carbons (Fsp3) is 0.133. The molecule has 110 valence electrons. The van der Waals surface area contributed by atoms with E-state index < -0.39 is 11.2 Å². The van der Waals surface area contributed by atoms with Crippen LogP contribution in [0.25, 0.3) is 11.1 Å². The van der Waals surface area contributed by atoms with E-state index in [1.807, 2.05) is 0 Å². The first kappa shape index (κ1) is 14.3. The Morgan fingerprint density at radius 1 is 1.32 bits per heavy atom. The Morgan fingerprint density at radius 3 is 2.86 bits per heavy atom. The first-order chi connectivity index (χ1) is 10.7. The molecule has 6 nitrogen and oxygen atoms in total. The number of carbonyl (C=O) groups excluding carboxylic acids is 1. The maximum absolute atomic E-state index is 11.5. The number of esters is 1. The lowest BCUT2D eigenvalue weighted by molar-refractivity contribution is 0.0601. The van der Waals surface area contributed by atoms with Crippen LogP contribution in [0.1, 0.15) is 27.2 Å². The van der Waals surface area contributed by atoms with Crippen molar-refractivity contribution in [3.05, 3.63) is 59.7 Å². The van der Waals surface area contributed by atoms with Crippen LogP contribution >= 0.6 is 0 Å². The smallest absolute Gasteiger partial charge is 0.465 e. The molecule has 0 N–H and O–H groups in total. The number of hydrogen-bond acceptors (Lipinski definition) is 6. The van der Waals surface area contributed by atoms with Gasteiger partial charge in [0.2, 0.25) is 0 Å². The number of fused-ring (bicyclic) bond motifs is 1. The van der Waals surface area contributed by atoms with Gasteiger partial charge in [-0.05, 0) is 30.3 Å². The van der Waals surface area contributed by atoms with Gasteiger partial charge < -0.3 is 9.15 Å². The molecule has 0 aliphatic heterocycles. The normalized spacial score (nSPS) is 12.0. The van der Waals surface area contributed by atoms with Crippen molar-refractivity contribution < 1.29 is 18.2 Å². The van der Waals surface area contributed by atoms with Crippen LogP contribution in [0.2, 0.25) is 0 Å². The van der Waals surface area contributed by atoms with E-state index in [1.54, 1.807) is 42.6 Å². The van der Waals surface area contributed by atoms with Gasteiger partial charge in [0.15, 0.2) is 5.58 Å². The predicted octanol–water partition coefficient (Wildman–Crippen LogP) is 2.53. The zero-order valence-electron chi connectivity index (χ0n) is 11.6. The number of methoxy groups -OCH3 is 1. The van der Waals surface area contributed by atoms with E-state index in [1.165, 1.54) is 7.11 Å². The van der Waals surface area contributed by atoms with Gasteiger partial charge in [0.1, 0.15) is 11.2 Å². The van der Waals surface area contributed by atoms with Crippen molar-refractivity contribution in [2.45, 2.75) is 5.25 Å². The number of nitrogens with zero attached hydrogens (tertiary/aromatic N) is 2. The molecule has 0 saturated heterocycles. The summed E-state index contributed by atoms with van der Waals surface area (Å²) in [6, 6.07) is 10.1. The number of benzene rings is 1. The van der Waals surface area contributed by atoms with Gasteiger partial charge in [0.05, 0.1) is 12.7 Å². The molecule has 22 heavy (non-hydrogen) atoms. The molecule has 0 bridgehead atoms. The Labute approximate surface area is 129 Å². The van der Waals surface area contributed by atoms with Crippen molar-refractivity contribution in [3.63, 3.8) is 0 Å². The van der Waals surface area contributed by atoms with Gasteiger partial charge in [0.25, 0.3) is 5.89 Å². The average Bonchev–Trinajstić information content (AvgIpc) is 2.98. The molecule has 2 heterocycles. The SMILES string of the molecule is COC(=O)c1ccc2oc(C([S+]=O)c3ccccn3)nc2c1. The van der Waals surface area contributed by atoms with Gasteiger partial charge >= 0.3 is 22.9 Å². The van der Waals surface area contributed by atoms with Crippen LogP contribution in [0.4, 0.5) is 0 Å². The van der Waals surface area contributed by atoms with E-state index in [0.29, 0.717) is 34.0 Å². The fourth-order valence-corrected chi connectivity index (χ4v) is 2.47. The van der Waals surface area contributed by atoms with Crippen LogP contribution in [-0.4, -0.2) is 23.0 Å². The highest BCUT2D eigenvalue weighted by Gasteiger charge is 2.34. The zero-order valence-corrected chi connectivity index (χ0v) is 12.4. The lowest BCUT2D eigenvalue weighted by Crippen LogP contribution is -2.01. The summed E-state index contributed by atoms with van der Waals surface area (Å²) < 4.78 is 21.7. The molecule has 0 amide bonds. The van der Waals surface area contributed by atoms with E-state index in [-0.39, 0.29) is 5.89 Å². The zero-order chi connectivity index (χ0) is 15.5. The third-order valence-corrected chi connectivity index (χ3v) is 3.74. The minimum Gasteiger partial charge on any atom is -0.465 e. The number of pyridine rings is 1. The van der Waals surface area contributed by atoms with E-state index in [2.05, 4.69) is 14.7 Å². The molecule has 7 heteroatoms. The summed E-state index contributed by atoms with van der Waals surface area (Å²) in [6.07, 6.45) is 1.61. The van der Waals surface area contributed by atoms with Crippen LogP contribution in [0.5, 0.6) is 0 Å². The van der Waals surface area contributed by atoms with E-state index in [4.69, 9.17) is 4.42 Å². The van der Waals surface area contributed by atoms with Gasteiger partial charge in [-0.2, -0.15) is 0 Å². The summed E-state index contributed by atoms with van der Waals surface area (Å²) in [5, 5.41) is -0.643. The van der Waals surface area contributed by atoms with E-state index in [0.717, 1.165) is 0 Å². The molecule has 1 atom stereocenters. The van der Waals surface area contributed by atoms with Crippen LogP contribution in [0, 0.1) is 0 Å². The second-order valence-corrected chi connectivity index (χ2v) is 5.12. The van der Waals surface area contributed by atoms with E-state index in [9.17, 15) is 9.00 Å². The lowest BCUT2D eigenvalue weighted by Gasteiger charge is -1.96. The van der Waals surface area contributed by atoms with Crippen molar-refractivity contribution in [3.8, 4) is 0 Å². The number of rotatable bonds is 4. The van der Waals surface area contributed by atoms with Gasteiger partial charge in [-0.1, -0.05) is 6.07 Å². The molecule has 1 unspecified atom stereocenters. The molecule has 0 saturated carbocycles. The molecule has 0 spiro atoms. The Kier molecular flexibility index (Phi) is 3.88. The Balaban J connectivity index is 2.04. The van der Waals surface area contributed by atoms with E-state index >= 15 is 0 Å². The maximum Gasteiger partial charge on any atom is 0.479 e. The summed E-state index contributed by atoms with van der Waals surface area (Å²) in [4.78, 5) is 20.0. The molecule has 0 aliphatic rings. The Bertz CT molecular complexity index is 832. The number of aromatic nitrogens is 2. The average molecular weight is 315 g/mol. The number of carbonyl (C=O) groups is 1. The van der Waals surface area contributed by atoms with Crippen molar-refractivity contribution >= 4 is 28.7 Å². The summed E-state index contributed by atoms with van der Waals surface area (Å²) in [5.74, 6) is -0.193. The second kappa shape index (κ2) is 5.98. The van der Waals surface area contributed by atoms with Gasteiger partial charge in [0, 0.05) is 10.4 Å². The highest BCUT2D eigenvalue weighted by molar-refractivity contribution is 7.66. The van der Waals surface area contributed by atoms with Gasteiger partial charge in [-0.15, -0.1) is 0 Å². The Hall–Kier alpha value is -2.67. The van der Waals surface area contributed by atoms with Gasteiger partial charge in [-0.25, -0.2) is 9.78 Å². The van der Waals surface area contributed by atoms with Crippen molar-refractivity contribution in [2.24, 2.45) is 0 Å². The van der Waals surface area contributed by atoms with Crippen molar-refractivity contribution in [1.82, 2.24) is 9.97 Å². The van der Waals surface area contributed by atoms with Crippen molar-refractivity contribution in [2.75, 3.05) is 7.11 Å². The molecule has 1 aromatic carbocycles. The lowest BCUT2D eigenvalue weighted by atomic mass is 10.2. The molecule has 0 radical (unpaired) electrons. The highest BCUT2D eigenvalue weighted by atomic mass is 32.1. The highest BCUT2D eigenvalue weighted by Crippen LogP contribution is 2.26. The quantitative estimate of drug-likeness (QED) is 0.543. The Morgan fingerprint density at radius 2 is 2.18 bits per heavy atom. The molecule has 3 aromatic rings. The largest absolute Gasteiger partial charge is 0.479 e. The van der Waals surface area contributed by atoms with Crippen molar-refractivity contribution in [1.29, 1.82) is 0 Å². The maximum atomic E-state index is 11.5. The topological polar surface area (TPSA) is 82.3 Å². The molecule has 2 aromatic heterocycles. The number of oxazole rings is 1. The second-order valence-electron chi connectivity index (χ2n) is 4.46. The summed E-state index contributed by atoms with van der Waals surface area (Å²) in [7, 11) is 1.31. The summed E-state index contributed by atoms with van der Waals surface area (Å²) >= 11 is 0.346. The standard InChI is InChI=1S/C15H11N2O4S/c1-20-15(18)9-5-6-12-11(8-9)17-14(21-12)13(22-19)10-4-2-3-7-16-10/h2-8,13H,1H3/q+1. The first-order valence-corrected chi connectivity index (χ1v) is 7.21. The number of hydrogen-bond donors (Lipinski definition) is 0. The molecular formula is C15H11N2O4S+. The minimum absolute atomic E-state index is 0.260. The van der Waals surface area contributed by atoms with Crippen LogP contribution in [0.15, 0.2) is 47.0 Å². The molecular weight excluding hydrogens is 304 g/mol. The third kappa shape index (κ3) is 2.58. The third-order valence-electron chi connectivity index (χ3n) is 3.10. The molecule has 3 rings (SSSR count). The summed E-state index contributed by atoms with van der Waals surface area (Å²) in [5.41, 5.74) is 1.94. The number of ether oxygens (including phenoxy) is 1. The van der Waals surface area contributed by atoms with Crippen LogP contribution in [0.3, 0.4) is 0 Å². The predicted molar refractivity (Wildman–Crippen MR) is 79.5 cm³/mol. The van der Waals surface area contributed by atoms with Gasteiger partial charge in [-0.3, -0.25) is 4.98 Å². The molecule has 0 fully saturated rings. The fourth-order valence-electron chi connectivity index (χ4n) is 2.05. The minimum atomic E-state index is -0.643. The monoisotopic (exact) mass is 315 g/mol. The summed E-state index contributed by atoms with van der Waals surface area (Å²) in [6.45, 7) is 0. The molecule has 0 aliphatic carbocycles. The van der Waals surface area contributed by atoms with Crippen LogP contribution in [-0.2, 0) is 20.6 Å². The first-order valence-electron chi connectivity index (χ1n) is 6.41.